The first kappa shape index (κ1) is 16.1. The first-order chi connectivity index (χ1) is 11.2. The Bertz CT molecular complexity index is 780. The van der Waals surface area contributed by atoms with E-state index in [1.807, 2.05) is 30.3 Å². The van der Waals surface area contributed by atoms with Gasteiger partial charge in [-0.2, -0.15) is 0 Å². The zero-order valence-electron chi connectivity index (χ0n) is 13.1. The number of rotatable bonds is 6. The molecule has 3 nitrogen and oxygen atoms in total. The van der Waals surface area contributed by atoms with Gasteiger partial charge in [-0.25, -0.2) is 0 Å². The van der Waals surface area contributed by atoms with E-state index in [4.69, 9.17) is 16.0 Å². The van der Waals surface area contributed by atoms with Crippen molar-refractivity contribution in [1.29, 1.82) is 0 Å². The Morgan fingerprint density at radius 2 is 1.87 bits per heavy atom. The van der Waals surface area contributed by atoms with Crippen LogP contribution in [0, 0.1) is 0 Å². The van der Waals surface area contributed by atoms with E-state index in [0.717, 1.165) is 28.7 Å². The third-order valence-electron chi connectivity index (χ3n) is 4.00. The number of nitrogens with one attached hydrogen (secondary N) is 1. The summed E-state index contributed by atoms with van der Waals surface area (Å²) in [7, 11) is 0. The predicted molar refractivity (Wildman–Crippen MR) is 93.7 cm³/mol. The molecule has 1 atom stereocenters. The average Bonchev–Trinajstić information content (AvgIpc) is 2.93. The van der Waals surface area contributed by atoms with Gasteiger partial charge in [-0.15, -0.1) is 0 Å². The molecule has 3 rings (SSSR count). The van der Waals surface area contributed by atoms with Gasteiger partial charge in [-0.1, -0.05) is 48.9 Å². The van der Waals surface area contributed by atoms with Crippen LogP contribution >= 0.6 is 11.6 Å². The fourth-order valence-corrected chi connectivity index (χ4v) is 2.89. The van der Waals surface area contributed by atoms with Crippen molar-refractivity contribution < 1.29 is 9.52 Å². The van der Waals surface area contributed by atoms with Crippen molar-refractivity contribution in [2.75, 3.05) is 6.54 Å². The van der Waals surface area contributed by atoms with Crippen LogP contribution in [0.25, 0.3) is 11.0 Å². The number of aliphatic hydroxyl groups excluding tert-OH is 1. The molecule has 0 fully saturated rings. The van der Waals surface area contributed by atoms with E-state index in [9.17, 15) is 5.11 Å². The van der Waals surface area contributed by atoms with Crippen LogP contribution in [-0.2, 0) is 13.0 Å². The molecule has 2 aromatic carbocycles. The summed E-state index contributed by atoms with van der Waals surface area (Å²) in [5.74, 6) is 1.000. The number of benzene rings is 2. The zero-order chi connectivity index (χ0) is 16.2. The summed E-state index contributed by atoms with van der Waals surface area (Å²) in [5.41, 5.74) is 2.94. The Labute approximate surface area is 140 Å². The monoisotopic (exact) mass is 329 g/mol. The molecule has 0 unspecified atom stereocenters. The number of furan rings is 1. The van der Waals surface area contributed by atoms with Crippen molar-refractivity contribution in [3.63, 3.8) is 0 Å². The molecule has 3 aromatic rings. The van der Waals surface area contributed by atoms with Gasteiger partial charge < -0.3 is 14.8 Å². The number of hydrogen-bond donors (Lipinski definition) is 2. The van der Waals surface area contributed by atoms with E-state index < -0.39 is 6.10 Å². The van der Waals surface area contributed by atoms with E-state index >= 15 is 0 Å². The molecule has 23 heavy (non-hydrogen) atoms. The maximum absolute atomic E-state index is 10.3. The molecule has 0 amide bonds. The maximum atomic E-state index is 10.3. The first-order valence-electron chi connectivity index (χ1n) is 7.82. The summed E-state index contributed by atoms with van der Waals surface area (Å²) in [6.45, 7) is 3.24. The van der Waals surface area contributed by atoms with E-state index in [1.54, 1.807) is 12.1 Å². The summed E-state index contributed by atoms with van der Waals surface area (Å²) in [6.07, 6.45) is 0.293. The van der Waals surface area contributed by atoms with Crippen molar-refractivity contribution in [3.05, 3.63) is 70.4 Å². The molecule has 0 aliphatic heterocycles. The second-order valence-electron chi connectivity index (χ2n) is 5.55. The number of halogens is 1. The topological polar surface area (TPSA) is 45.4 Å². The predicted octanol–water partition coefficient (Wildman–Crippen LogP) is 4.47. The molecule has 120 valence electrons. The lowest BCUT2D eigenvalue weighted by molar-refractivity contribution is 0.174. The lowest BCUT2D eigenvalue weighted by Gasteiger charge is -2.12. The van der Waals surface area contributed by atoms with Crippen LogP contribution < -0.4 is 5.32 Å². The van der Waals surface area contributed by atoms with Gasteiger partial charge >= 0.3 is 0 Å². The van der Waals surface area contributed by atoms with Crippen LogP contribution in [0.15, 0.2) is 52.9 Å². The number of fused-ring (bicyclic) bond motifs is 1. The van der Waals surface area contributed by atoms with Crippen molar-refractivity contribution in [2.45, 2.75) is 26.0 Å². The quantitative estimate of drug-likeness (QED) is 0.701. The van der Waals surface area contributed by atoms with Gasteiger partial charge in [0.05, 0.1) is 6.10 Å². The van der Waals surface area contributed by atoms with Gasteiger partial charge in [0, 0.05) is 35.5 Å². The van der Waals surface area contributed by atoms with Crippen molar-refractivity contribution in [2.24, 2.45) is 0 Å². The third kappa shape index (κ3) is 3.58. The van der Waals surface area contributed by atoms with Crippen molar-refractivity contribution in [3.8, 4) is 0 Å². The highest BCUT2D eigenvalue weighted by atomic mass is 35.5. The highest BCUT2D eigenvalue weighted by Gasteiger charge is 2.13. The molecule has 0 aliphatic carbocycles. The molecular formula is C19H20ClNO2. The first-order valence-corrected chi connectivity index (χ1v) is 8.20. The van der Waals surface area contributed by atoms with Crippen molar-refractivity contribution >= 4 is 22.6 Å². The Morgan fingerprint density at radius 3 is 2.61 bits per heavy atom. The van der Waals surface area contributed by atoms with Crippen LogP contribution in [-0.4, -0.2) is 11.7 Å². The Kier molecular flexibility index (Phi) is 5.01. The molecule has 4 heteroatoms. The van der Waals surface area contributed by atoms with Gasteiger partial charge in [0.1, 0.15) is 11.3 Å². The minimum atomic E-state index is -0.560. The SMILES string of the molecule is CCc1oc2ccccc2c1CNC[C@@H](O)c1ccc(Cl)cc1. The van der Waals surface area contributed by atoms with E-state index in [-0.39, 0.29) is 0 Å². The second kappa shape index (κ2) is 7.18. The molecule has 2 N–H and O–H groups in total. The van der Waals surface area contributed by atoms with Crippen LogP contribution in [0.5, 0.6) is 0 Å². The largest absolute Gasteiger partial charge is 0.461 e. The molecule has 0 saturated carbocycles. The molecule has 0 aliphatic rings. The molecule has 0 radical (unpaired) electrons. The standard InChI is InChI=1S/C19H20ClNO2/c1-2-18-16(15-5-3-4-6-19(15)23-18)11-21-12-17(22)13-7-9-14(20)10-8-13/h3-10,17,21-22H,2,11-12H2,1H3/t17-/m1/s1. The summed E-state index contributed by atoms with van der Waals surface area (Å²) in [5, 5.41) is 15.4. The molecular weight excluding hydrogens is 310 g/mol. The highest BCUT2D eigenvalue weighted by molar-refractivity contribution is 6.30. The van der Waals surface area contributed by atoms with E-state index in [2.05, 4.69) is 18.3 Å². The van der Waals surface area contributed by atoms with Crippen LogP contribution in [0.3, 0.4) is 0 Å². The van der Waals surface area contributed by atoms with E-state index in [1.165, 1.54) is 5.56 Å². The highest BCUT2D eigenvalue weighted by Crippen LogP contribution is 2.26. The lowest BCUT2D eigenvalue weighted by Crippen LogP contribution is -2.21. The summed E-state index contributed by atoms with van der Waals surface area (Å²) >= 11 is 5.87. The molecule has 1 aromatic heterocycles. The van der Waals surface area contributed by atoms with Gasteiger partial charge in [0.15, 0.2) is 0 Å². The molecule has 0 bridgehead atoms. The molecule has 0 spiro atoms. The van der Waals surface area contributed by atoms with Crippen LogP contribution in [0.1, 0.15) is 29.9 Å². The van der Waals surface area contributed by atoms with Gasteiger partial charge in [0.2, 0.25) is 0 Å². The number of aliphatic hydroxyl groups is 1. The van der Waals surface area contributed by atoms with Gasteiger partial charge in [0.25, 0.3) is 0 Å². The summed E-state index contributed by atoms with van der Waals surface area (Å²) < 4.78 is 5.89. The molecule has 1 heterocycles. The second-order valence-corrected chi connectivity index (χ2v) is 5.99. The average molecular weight is 330 g/mol. The third-order valence-corrected chi connectivity index (χ3v) is 4.25. The van der Waals surface area contributed by atoms with Gasteiger partial charge in [-0.05, 0) is 23.8 Å². The Morgan fingerprint density at radius 1 is 1.13 bits per heavy atom. The van der Waals surface area contributed by atoms with Crippen LogP contribution in [0.4, 0.5) is 0 Å². The number of para-hydroxylation sites is 1. The van der Waals surface area contributed by atoms with Gasteiger partial charge in [-0.3, -0.25) is 0 Å². The smallest absolute Gasteiger partial charge is 0.134 e. The summed E-state index contributed by atoms with van der Waals surface area (Å²) in [4.78, 5) is 0. The zero-order valence-corrected chi connectivity index (χ0v) is 13.8. The maximum Gasteiger partial charge on any atom is 0.134 e. The summed E-state index contributed by atoms with van der Waals surface area (Å²) in [6, 6.07) is 15.3. The van der Waals surface area contributed by atoms with E-state index in [0.29, 0.717) is 18.1 Å². The molecule has 0 saturated heterocycles. The van der Waals surface area contributed by atoms with Crippen LogP contribution in [0.2, 0.25) is 5.02 Å². The number of aryl methyl sites for hydroxylation is 1. The normalized spacial score (nSPS) is 12.7. The number of hydrogen-bond acceptors (Lipinski definition) is 3. The fourth-order valence-electron chi connectivity index (χ4n) is 2.77. The fraction of sp³-hybridized carbons (Fsp3) is 0.263. The minimum absolute atomic E-state index is 0.476. The Balaban J connectivity index is 1.67. The Hall–Kier alpha value is -1.81. The minimum Gasteiger partial charge on any atom is -0.461 e. The lowest BCUT2D eigenvalue weighted by atomic mass is 10.1. The van der Waals surface area contributed by atoms with Crippen molar-refractivity contribution in [1.82, 2.24) is 5.32 Å².